The highest BCUT2D eigenvalue weighted by Gasteiger charge is 2.20. The molecule has 6 heteroatoms. The first-order valence-corrected chi connectivity index (χ1v) is 9.28. The molecule has 0 unspecified atom stereocenters. The summed E-state index contributed by atoms with van der Waals surface area (Å²) < 4.78 is 7.96. The number of rotatable bonds is 6. The molecule has 5 nitrogen and oxygen atoms in total. The molecule has 0 saturated carbocycles. The molecule has 1 atom stereocenters. The maximum Gasteiger partial charge on any atom is 0.191 e. The topological polar surface area (TPSA) is 52.0 Å². The number of aromatic nitrogens is 3. The van der Waals surface area contributed by atoms with Crippen LogP contribution in [0, 0.1) is 13.8 Å². The smallest absolute Gasteiger partial charge is 0.191 e. The van der Waals surface area contributed by atoms with Crippen molar-refractivity contribution in [1.82, 2.24) is 14.8 Å². The van der Waals surface area contributed by atoms with Gasteiger partial charge in [0.2, 0.25) is 0 Å². The van der Waals surface area contributed by atoms with Crippen molar-refractivity contribution in [2.75, 3.05) is 18.2 Å². The lowest BCUT2D eigenvalue weighted by Gasteiger charge is -2.15. The first-order valence-electron chi connectivity index (χ1n) is 8.06. The average molecular weight is 332 g/mol. The zero-order chi connectivity index (χ0) is 16.2. The van der Waals surface area contributed by atoms with Crippen LogP contribution in [0.5, 0.6) is 0 Å². The van der Waals surface area contributed by atoms with Crippen LogP contribution in [0.1, 0.15) is 29.8 Å². The maximum absolute atomic E-state index is 5.77. The van der Waals surface area contributed by atoms with E-state index in [1.54, 1.807) is 11.8 Å². The minimum Gasteiger partial charge on any atom is -0.378 e. The van der Waals surface area contributed by atoms with Gasteiger partial charge in [0.15, 0.2) is 11.0 Å². The Morgan fingerprint density at radius 2 is 2.22 bits per heavy atom. The number of aryl methyl sites for hydroxylation is 2. The van der Waals surface area contributed by atoms with E-state index < -0.39 is 0 Å². The molecule has 1 aliphatic heterocycles. The van der Waals surface area contributed by atoms with E-state index in [0.717, 1.165) is 42.7 Å². The third-order valence-corrected chi connectivity index (χ3v) is 4.87. The van der Waals surface area contributed by atoms with E-state index in [1.165, 1.54) is 11.1 Å². The fourth-order valence-corrected chi connectivity index (χ4v) is 3.49. The maximum atomic E-state index is 5.77. The van der Waals surface area contributed by atoms with Crippen molar-refractivity contribution in [3.63, 3.8) is 0 Å². The lowest BCUT2D eigenvalue weighted by atomic mass is 10.1. The van der Waals surface area contributed by atoms with Crippen LogP contribution in [0.15, 0.2) is 23.4 Å². The number of nitrogens with zero attached hydrogens (tertiary/aromatic N) is 3. The van der Waals surface area contributed by atoms with Crippen molar-refractivity contribution >= 4 is 17.4 Å². The quantitative estimate of drug-likeness (QED) is 0.822. The summed E-state index contributed by atoms with van der Waals surface area (Å²) in [7, 11) is 0. The van der Waals surface area contributed by atoms with Gasteiger partial charge in [-0.2, -0.15) is 0 Å². The molecule has 1 N–H and O–H groups in total. The molecular formula is C17H24N4OS. The van der Waals surface area contributed by atoms with Gasteiger partial charge in [-0.1, -0.05) is 29.5 Å². The van der Waals surface area contributed by atoms with Crippen molar-refractivity contribution < 1.29 is 4.74 Å². The molecule has 2 aromatic rings. The summed E-state index contributed by atoms with van der Waals surface area (Å²) >= 11 is 1.63. The van der Waals surface area contributed by atoms with E-state index in [1.807, 2.05) is 6.26 Å². The van der Waals surface area contributed by atoms with Crippen LogP contribution < -0.4 is 5.32 Å². The van der Waals surface area contributed by atoms with Gasteiger partial charge in [0.05, 0.1) is 19.2 Å². The molecule has 0 aliphatic carbocycles. The van der Waals surface area contributed by atoms with Crippen LogP contribution in [0.25, 0.3) is 0 Å². The van der Waals surface area contributed by atoms with Crippen molar-refractivity contribution in [1.29, 1.82) is 0 Å². The van der Waals surface area contributed by atoms with Crippen molar-refractivity contribution in [3.05, 3.63) is 35.2 Å². The molecule has 23 heavy (non-hydrogen) atoms. The summed E-state index contributed by atoms with van der Waals surface area (Å²) in [5, 5.41) is 13.1. The zero-order valence-electron chi connectivity index (χ0n) is 14.0. The first-order chi connectivity index (χ1) is 11.2. The molecule has 1 aromatic heterocycles. The highest BCUT2D eigenvalue weighted by atomic mass is 32.2. The molecule has 2 heterocycles. The van der Waals surface area contributed by atoms with Crippen LogP contribution in [0.4, 0.5) is 5.69 Å². The number of nitrogens with one attached hydrogen (secondary N) is 1. The molecule has 1 saturated heterocycles. The van der Waals surface area contributed by atoms with E-state index >= 15 is 0 Å². The summed E-state index contributed by atoms with van der Waals surface area (Å²) in [5.41, 5.74) is 3.67. The Balaban J connectivity index is 1.72. The second-order valence-electron chi connectivity index (χ2n) is 6.02. The van der Waals surface area contributed by atoms with Gasteiger partial charge in [-0.05, 0) is 44.6 Å². The SMILES string of the molecule is CSc1nnc(CNc2ccc(C)cc2C)n1C[C@@H]1CCCO1. The number of ether oxygens (including phenoxy) is 1. The molecule has 0 radical (unpaired) electrons. The van der Waals surface area contributed by atoms with E-state index in [4.69, 9.17) is 4.74 Å². The number of benzene rings is 1. The average Bonchev–Trinajstić information content (AvgIpc) is 3.17. The van der Waals surface area contributed by atoms with Crippen molar-refractivity contribution in [3.8, 4) is 0 Å². The molecule has 0 amide bonds. The van der Waals surface area contributed by atoms with Gasteiger partial charge < -0.3 is 14.6 Å². The number of thioether (sulfide) groups is 1. The second-order valence-corrected chi connectivity index (χ2v) is 6.79. The van der Waals surface area contributed by atoms with Gasteiger partial charge in [-0.25, -0.2) is 0 Å². The summed E-state index contributed by atoms with van der Waals surface area (Å²) in [5.74, 6) is 0.963. The highest BCUT2D eigenvalue weighted by molar-refractivity contribution is 7.98. The van der Waals surface area contributed by atoms with E-state index in [0.29, 0.717) is 6.54 Å². The Kier molecular flexibility index (Phi) is 5.23. The first kappa shape index (κ1) is 16.3. The van der Waals surface area contributed by atoms with Gasteiger partial charge in [0, 0.05) is 12.3 Å². The Hall–Kier alpha value is -1.53. The van der Waals surface area contributed by atoms with Gasteiger partial charge in [-0.3, -0.25) is 0 Å². The largest absolute Gasteiger partial charge is 0.378 e. The van der Waals surface area contributed by atoms with Gasteiger partial charge >= 0.3 is 0 Å². The lowest BCUT2D eigenvalue weighted by Crippen LogP contribution is -2.19. The predicted molar refractivity (Wildman–Crippen MR) is 94.0 cm³/mol. The highest BCUT2D eigenvalue weighted by Crippen LogP contribution is 2.21. The van der Waals surface area contributed by atoms with Crippen molar-refractivity contribution in [2.24, 2.45) is 0 Å². The summed E-state index contributed by atoms with van der Waals surface area (Å²) in [6.07, 6.45) is 4.60. The fourth-order valence-electron chi connectivity index (χ4n) is 2.96. The minimum absolute atomic E-state index is 0.289. The van der Waals surface area contributed by atoms with E-state index in [-0.39, 0.29) is 6.10 Å². The monoisotopic (exact) mass is 332 g/mol. The van der Waals surface area contributed by atoms with Gasteiger partial charge in [-0.15, -0.1) is 10.2 Å². The van der Waals surface area contributed by atoms with Crippen molar-refractivity contribution in [2.45, 2.75) is 51.0 Å². The molecule has 1 aromatic carbocycles. The number of hydrogen-bond donors (Lipinski definition) is 1. The van der Waals surface area contributed by atoms with E-state index in [2.05, 4.69) is 52.1 Å². The Morgan fingerprint density at radius 3 is 2.91 bits per heavy atom. The van der Waals surface area contributed by atoms with Gasteiger partial charge in [0.1, 0.15) is 0 Å². The third-order valence-electron chi connectivity index (χ3n) is 4.21. The molecule has 1 aliphatic rings. The standard InChI is InChI=1S/C17H24N4OS/c1-12-6-7-15(13(2)9-12)18-10-16-19-20-17(23-3)21(16)11-14-5-4-8-22-14/h6-7,9,14,18H,4-5,8,10-11H2,1-3H3/t14-/m0/s1. The Morgan fingerprint density at radius 1 is 1.35 bits per heavy atom. The van der Waals surface area contributed by atoms with E-state index in [9.17, 15) is 0 Å². The zero-order valence-corrected chi connectivity index (χ0v) is 14.8. The molecule has 0 spiro atoms. The minimum atomic E-state index is 0.289. The van der Waals surface area contributed by atoms with Gasteiger partial charge in [0.25, 0.3) is 0 Å². The summed E-state index contributed by atoms with van der Waals surface area (Å²) in [6, 6.07) is 6.44. The third kappa shape index (κ3) is 3.87. The lowest BCUT2D eigenvalue weighted by molar-refractivity contribution is 0.0942. The summed E-state index contributed by atoms with van der Waals surface area (Å²) in [6.45, 7) is 6.62. The number of hydrogen-bond acceptors (Lipinski definition) is 5. The predicted octanol–water partition coefficient (Wildman–Crippen LogP) is 3.41. The van der Waals surface area contributed by atoms with Crippen LogP contribution in [-0.2, 0) is 17.8 Å². The Bertz CT molecular complexity index is 665. The Labute approximate surface area is 141 Å². The summed E-state index contributed by atoms with van der Waals surface area (Å²) in [4.78, 5) is 0. The molecule has 124 valence electrons. The number of anilines is 1. The van der Waals surface area contributed by atoms with Crippen LogP contribution in [0.2, 0.25) is 0 Å². The van der Waals surface area contributed by atoms with Crippen LogP contribution in [-0.4, -0.2) is 33.7 Å². The van der Waals surface area contributed by atoms with Crippen LogP contribution in [0.3, 0.4) is 0 Å². The van der Waals surface area contributed by atoms with Crippen LogP contribution >= 0.6 is 11.8 Å². The second kappa shape index (κ2) is 7.36. The molecule has 0 bridgehead atoms. The fraction of sp³-hybridized carbons (Fsp3) is 0.529. The normalized spacial score (nSPS) is 17.6. The molecular weight excluding hydrogens is 308 g/mol. The molecule has 1 fully saturated rings. The molecule has 3 rings (SSSR count).